The maximum Gasteiger partial charge on any atom is 0.407 e. The summed E-state index contributed by atoms with van der Waals surface area (Å²) in [6.07, 6.45) is 4.99. The first kappa shape index (κ1) is 22.1. The molecule has 1 aliphatic carbocycles. The fourth-order valence-corrected chi connectivity index (χ4v) is 4.17. The SMILES string of the molecule is Cc1ccc2c(N3CC[C@@H](NC(=O)OC(C)(C)C)C3)nc(C3=C(O)CC(C)C=C3)nc2c1. The van der Waals surface area contributed by atoms with E-state index in [9.17, 15) is 9.90 Å². The molecule has 1 aromatic carbocycles. The quantitative estimate of drug-likeness (QED) is 0.711. The van der Waals surface area contributed by atoms with Crippen LogP contribution in [-0.4, -0.2) is 45.9 Å². The molecule has 170 valence electrons. The molecule has 1 amide bonds. The van der Waals surface area contributed by atoms with Gasteiger partial charge in [-0.25, -0.2) is 14.8 Å². The molecule has 2 N–H and O–H groups in total. The Morgan fingerprint density at radius 2 is 2.06 bits per heavy atom. The number of anilines is 1. The minimum Gasteiger partial charge on any atom is -0.512 e. The minimum atomic E-state index is -0.529. The van der Waals surface area contributed by atoms with E-state index in [1.165, 1.54) is 0 Å². The van der Waals surface area contributed by atoms with Crippen LogP contribution in [0.25, 0.3) is 16.5 Å². The van der Waals surface area contributed by atoms with Crippen molar-refractivity contribution in [1.29, 1.82) is 0 Å². The monoisotopic (exact) mass is 436 g/mol. The Bertz CT molecular complexity index is 1100. The molecule has 2 aliphatic rings. The van der Waals surface area contributed by atoms with Gasteiger partial charge in [-0.05, 0) is 57.7 Å². The summed E-state index contributed by atoms with van der Waals surface area (Å²) in [4.78, 5) is 24.1. The fourth-order valence-electron chi connectivity index (χ4n) is 4.17. The summed E-state index contributed by atoms with van der Waals surface area (Å²) in [6.45, 7) is 11.1. The molecule has 1 unspecified atom stereocenters. The van der Waals surface area contributed by atoms with Gasteiger partial charge in [-0.1, -0.05) is 25.1 Å². The molecule has 1 saturated heterocycles. The first-order valence-corrected chi connectivity index (χ1v) is 11.2. The molecular formula is C25H32N4O3. The van der Waals surface area contributed by atoms with Gasteiger partial charge in [0.2, 0.25) is 0 Å². The lowest BCUT2D eigenvalue weighted by Crippen LogP contribution is -2.40. The smallest absolute Gasteiger partial charge is 0.407 e. The third-order valence-corrected chi connectivity index (χ3v) is 5.70. The van der Waals surface area contributed by atoms with Gasteiger partial charge in [-0.3, -0.25) is 0 Å². The number of aliphatic hydroxyl groups is 1. The van der Waals surface area contributed by atoms with Gasteiger partial charge in [0, 0.05) is 24.9 Å². The molecule has 7 nitrogen and oxygen atoms in total. The summed E-state index contributed by atoms with van der Waals surface area (Å²) in [5.74, 6) is 1.97. The van der Waals surface area contributed by atoms with Crippen LogP contribution in [0, 0.1) is 12.8 Å². The van der Waals surface area contributed by atoms with Crippen LogP contribution >= 0.6 is 0 Å². The number of carbonyl (C=O) groups excluding carboxylic acids is 1. The second-order valence-electron chi connectivity index (χ2n) is 9.87. The molecule has 1 aliphatic heterocycles. The number of fused-ring (bicyclic) bond motifs is 1. The number of aryl methyl sites for hydroxylation is 1. The van der Waals surface area contributed by atoms with Crippen molar-refractivity contribution in [2.45, 2.75) is 59.1 Å². The van der Waals surface area contributed by atoms with E-state index in [1.807, 2.05) is 45.9 Å². The van der Waals surface area contributed by atoms with Crippen molar-refractivity contribution >= 4 is 28.4 Å². The lowest BCUT2D eigenvalue weighted by Gasteiger charge is -2.23. The van der Waals surface area contributed by atoms with Crippen LogP contribution in [0.15, 0.2) is 36.1 Å². The van der Waals surface area contributed by atoms with Crippen molar-refractivity contribution in [1.82, 2.24) is 15.3 Å². The van der Waals surface area contributed by atoms with E-state index in [1.54, 1.807) is 0 Å². The Kier molecular flexibility index (Phi) is 5.84. The number of alkyl carbamates (subject to hydrolysis) is 1. The zero-order chi connectivity index (χ0) is 23.0. The van der Waals surface area contributed by atoms with Crippen molar-refractivity contribution in [3.8, 4) is 0 Å². The second-order valence-corrected chi connectivity index (χ2v) is 9.87. The Hall–Kier alpha value is -3.09. The van der Waals surface area contributed by atoms with Crippen LogP contribution in [0.2, 0.25) is 0 Å². The van der Waals surface area contributed by atoms with Crippen molar-refractivity contribution in [3.63, 3.8) is 0 Å². The third-order valence-electron chi connectivity index (χ3n) is 5.70. The van der Waals surface area contributed by atoms with Crippen LogP contribution in [0.4, 0.5) is 10.6 Å². The number of rotatable bonds is 3. The average molecular weight is 437 g/mol. The lowest BCUT2D eigenvalue weighted by molar-refractivity contribution is 0.0509. The molecule has 1 fully saturated rings. The van der Waals surface area contributed by atoms with Crippen LogP contribution in [0.3, 0.4) is 0 Å². The predicted molar refractivity (Wildman–Crippen MR) is 127 cm³/mol. The number of carbonyl (C=O) groups is 1. The highest BCUT2D eigenvalue weighted by Crippen LogP contribution is 2.32. The van der Waals surface area contributed by atoms with Gasteiger partial charge >= 0.3 is 6.09 Å². The zero-order valence-electron chi connectivity index (χ0n) is 19.5. The number of benzene rings is 1. The van der Waals surface area contributed by atoms with Gasteiger partial charge in [0.1, 0.15) is 17.2 Å². The molecule has 0 bridgehead atoms. The molecule has 1 aromatic heterocycles. The normalized spacial score (nSPS) is 21.3. The average Bonchev–Trinajstić information content (AvgIpc) is 3.13. The van der Waals surface area contributed by atoms with E-state index in [4.69, 9.17) is 14.7 Å². The molecule has 2 heterocycles. The highest BCUT2D eigenvalue weighted by atomic mass is 16.6. The van der Waals surface area contributed by atoms with Crippen molar-refractivity contribution < 1.29 is 14.6 Å². The van der Waals surface area contributed by atoms with Gasteiger partial charge in [0.15, 0.2) is 5.82 Å². The molecule has 2 aromatic rings. The van der Waals surface area contributed by atoms with Crippen molar-refractivity contribution in [2.75, 3.05) is 18.0 Å². The van der Waals surface area contributed by atoms with Crippen LogP contribution < -0.4 is 10.2 Å². The molecule has 0 spiro atoms. The maximum absolute atomic E-state index is 12.2. The molecule has 0 radical (unpaired) electrons. The van der Waals surface area contributed by atoms with Crippen molar-refractivity contribution in [3.05, 3.63) is 47.5 Å². The number of hydrogen-bond acceptors (Lipinski definition) is 6. The Labute approximate surface area is 189 Å². The minimum absolute atomic E-state index is 0.0215. The molecule has 2 atom stereocenters. The zero-order valence-corrected chi connectivity index (χ0v) is 19.5. The number of hydrogen-bond donors (Lipinski definition) is 2. The van der Waals surface area contributed by atoms with Gasteiger partial charge in [-0.15, -0.1) is 0 Å². The summed E-state index contributed by atoms with van der Waals surface area (Å²) in [7, 11) is 0. The summed E-state index contributed by atoms with van der Waals surface area (Å²) >= 11 is 0. The number of aromatic nitrogens is 2. The van der Waals surface area contributed by atoms with E-state index in [0.29, 0.717) is 36.0 Å². The van der Waals surface area contributed by atoms with Crippen LogP contribution in [0.1, 0.15) is 51.9 Å². The first-order chi connectivity index (χ1) is 15.1. The predicted octanol–water partition coefficient (Wildman–Crippen LogP) is 4.91. The van der Waals surface area contributed by atoms with E-state index < -0.39 is 11.7 Å². The second kappa shape index (κ2) is 8.45. The Morgan fingerprint density at radius 3 is 2.78 bits per heavy atom. The van der Waals surface area contributed by atoms with E-state index >= 15 is 0 Å². The number of nitrogens with one attached hydrogen (secondary N) is 1. The molecule has 4 rings (SSSR count). The maximum atomic E-state index is 12.2. The number of nitrogens with zero attached hydrogens (tertiary/aromatic N) is 3. The standard InChI is InChI=1S/C25H32N4O3/c1-15-6-8-18-20(12-15)27-22(19-9-7-16(2)13-21(19)30)28-23(18)29-11-10-17(14-29)26-24(31)32-25(3,4)5/h6-9,12,16-17,30H,10-11,13-14H2,1-5H3,(H,26,31)/t16?,17-/m1/s1. The summed E-state index contributed by atoms with van der Waals surface area (Å²) in [5.41, 5.74) is 2.11. The number of amides is 1. The molecule has 0 saturated carbocycles. The lowest BCUT2D eigenvalue weighted by atomic mass is 9.96. The van der Waals surface area contributed by atoms with Crippen LogP contribution in [0.5, 0.6) is 0 Å². The molecule has 32 heavy (non-hydrogen) atoms. The number of aliphatic hydroxyl groups excluding tert-OH is 1. The number of allylic oxidation sites excluding steroid dienone is 4. The third kappa shape index (κ3) is 4.87. The van der Waals surface area contributed by atoms with E-state index in [0.717, 1.165) is 35.2 Å². The van der Waals surface area contributed by atoms with Crippen LogP contribution in [-0.2, 0) is 4.74 Å². The highest BCUT2D eigenvalue weighted by molar-refractivity contribution is 5.92. The topological polar surface area (TPSA) is 87.6 Å². The largest absolute Gasteiger partial charge is 0.512 e. The first-order valence-electron chi connectivity index (χ1n) is 11.2. The van der Waals surface area contributed by atoms with E-state index in [-0.39, 0.29) is 6.04 Å². The van der Waals surface area contributed by atoms with Gasteiger partial charge in [-0.2, -0.15) is 0 Å². The fraction of sp³-hybridized carbons (Fsp3) is 0.480. The summed E-state index contributed by atoms with van der Waals surface area (Å²) < 4.78 is 5.41. The van der Waals surface area contributed by atoms with E-state index in [2.05, 4.69) is 29.3 Å². The van der Waals surface area contributed by atoms with Gasteiger partial charge in [0.25, 0.3) is 0 Å². The molecular weight excluding hydrogens is 404 g/mol. The highest BCUT2D eigenvalue weighted by Gasteiger charge is 2.29. The Morgan fingerprint density at radius 1 is 1.28 bits per heavy atom. The number of ether oxygens (including phenoxy) is 1. The van der Waals surface area contributed by atoms with Gasteiger partial charge < -0.3 is 20.1 Å². The molecule has 7 heteroatoms. The van der Waals surface area contributed by atoms with Crippen molar-refractivity contribution in [2.24, 2.45) is 5.92 Å². The van der Waals surface area contributed by atoms with Gasteiger partial charge in [0.05, 0.1) is 17.1 Å². The Balaban J connectivity index is 1.64. The summed E-state index contributed by atoms with van der Waals surface area (Å²) in [6, 6.07) is 6.13. The summed E-state index contributed by atoms with van der Waals surface area (Å²) in [5, 5.41) is 14.5.